The molecule has 0 aliphatic heterocycles. The van der Waals surface area contributed by atoms with Crippen LogP contribution in [0.15, 0.2) is 10.7 Å². The smallest absolute Gasteiger partial charge is 0.325 e. The zero-order valence-electron chi connectivity index (χ0n) is 6.25. The van der Waals surface area contributed by atoms with Crippen molar-refractivity contribution in [2.24, 2.45) is 0 Å². The molecular formula is C6H5BrF2N2O2. The first kappa shape index (κ1) is 10.1. The van der Waals surface area contributed by atoms with Crippen molar-refractivity contribution in [3.05, 3.63) is 16.4 Å². The molecule has 0 amide bonds. The Balaban J connectivity index is 3.00. The lowest BCUT2D eigenvalue weighted by Gasteiger charge is -2.03. The summed E-state index contributed by atoms with van der Waals surface area (Å²) in [5.74, 6) is -1.21. The molecule has 0 bridgehead atoms. The predicted octanol–water partition coefficient (Wildman–Crippen LogP) is 1.67. The Morgan fingerprint density at radius 3 is 2.85 bits per heavy atom. The summed E-state index contributed by atoms with van der Waals surface area (Å²) < 4.78 is 25.4. The fourth-order valence-corrected chi connectivity index (χ4v) is 1.31. The fraction of sp³-hybridized carbons (Fsp3) is 0.333. The molecule has 13 heavy (non-hydrogen) atoms. The molecule has 0 radical (unpaired) electrons. The summed E-state index contributed by atoms with van der Waals surface area (Å²) in [5.41, 5.74) is -0.414. The van der Waals surface area contributed by atoms with E-state index < -0.39 is 24.6 Å². The van der Waals surface area contributed by atoms with E-state index in [0.29, 0.717) is 0 Å². The second-order valence-corrected chi connectivity index (χ2v) is 3.08. The van der Waals surface area contributed by atoms with Crippen LogP contribution in [0.1, 0.15) is 12.1 Å². The fourth-order valence-electron chi connectivity index (χ4n) is 0.843. The van der Waals surface area contributed by atoms with Crippen LogP contribution >= 0.6 is 15.9 Å². The van der Waals surface area contributed by atoms with E-state index in [9.17, 15) is 13.6 Å². The Bertz CT molecular complexity index is 326. The molecule has 1 rings (SSSR count). The molecule has 1 aromatic rings. The van der Waals surface area contributed by atoms with Crippen LogP contribution in [0.5, 0.6) is 0 Å². The van der Waals surface area contributed by atoms with Crippen molar-refractivity contribution >= 4 is 21.9 Å². The van der Waals surface area contributed by atoms with E-state index in [0.717, 1.165) is 10.9 Å². The third-order valence-corrected chi connectivity index (χ3v) is 1.94. The molecule has 0 aromatic carbocycles. The number of rotatable bonds is 3. The molecule has 0 unspecified atom stereocenters. The van der Waals surface area contributed by atoms with Gasteiger partial charge >= 0.3 is 5.97 Å². The number of aliphatic carboxylic acids is 1. The standard InChI is InChI=1S/C6H5BrF2N2O2/c7-3-1-10-11(2-4(12)13)5(3)6(8)9/h1,6H,2H2,(H,12,13). The van der Waals surface area contributed by atoms with Crippen molar-refractivity contribution in [3.8, 4) is 0 Å². The van der Waals surface area contributed by atoms with Gasteiger partial charge in [-0.15, -0.1) is 0 Å². The lowest BCUT2D eigenvalue weighted by molar-refractivity contribution is -0.138. The van der Waals surface area contributed by atoms with Crippen LogP contribution in [0, 0.1) is 0 Å². The maximum Gasteiger partial charge on any atom is 0.325 e. The molecule has 0 spiro atoms. The Hall–Kier alpha value is -0.980. The first-order valence-electron chi connectivity index (χ1n) is 3.23. The SMILES string of the molecule is O=C(O)Cn1ncc(Br)c1C(F)F. The molecule has 7 heteroatoms. The highest BCUT2D eigenvalue weighted by Crippen LogP contribution is 2.26. The van der Waals surface area contributed by atoms with Gasteiger partial charge in [0.1, 0.15) is 12.2 Å². The maximum absolute atomic E-state index is 12.3. The molecule has 0 saturated carbocycles. The molecule has 1 N–H and O–H groups in total. The lowest BCUT2D eigenvalue weighted by atomic mass is 10.4. The van der Waals surface area contributed by atoms with Crippen LogP contribution in [-0.2, 0) is 11.3 Å². The summed E-state index contributed by atoms with van der Waals surface area (Å²) in [7, 11) is 0. The van der Waals surface area contributed by atoms with E-state index in [1.807, 2.05) is 0 Å². The Kier molecular flexibility index (Phi) is 2.97. The second-order valence-electron chi connectivity index (χ2n) is 2.23. The van der Waals surface area contributed by atoms with Crippen LogP contribution in [0.4, 0.5) is 8.78 Å². The van der Waals surface area contributed by atoms with Gasteiger partial charge in [0, 0.05) is 0 Å². The van der Waals surface area contributed by atoms with E-state index >= 15 is 0 Å². The first-order valence-corrected chi connectivity index (χ1v) is 4.03. The molecular weight excluding hydrogens is 250 g/mol. The van der Waals surface area contributed by atoms with E-state index in [-0.39, 0.29) is 4.47 Å². The van der Waals surface area contributed by atoms with Crippen molar-refractivity contribution in [1.82, 2.24) is 9.78 Å². The van der Waals surface area contributed by atoms with Crippen LogP contribution in [0.25, 0.3) is 0 Å². The zero-order valence-corrected chi connectivity index (χ0v) is 7.83. The maximum atomic E-state index is 12.3. The highest BCUT2D eigenvalue weighted by Gasteiger charge is 2.19. The molecule has 0 fully saturated rings. The van der Waals surface area contributed by atoms with Crippen molar-refractivity contribution in [2.75, 3.05) is 0 Å². The molecule has 0 aliphatic carbocycles. The third kappa shape index (κ3) is 2.24. The van der Waals surface area contributed by atoms with E-state index in [4.69, 9.17) is 5.11 Å². The van der Waals surface area contributed by atoms with Gasteiger partial charge in [0.15, 0.2) is 0 Å². The number of hydrogen-bond donors (Lipinski definition) is 1. The van der Waals surface area contributed by atoms with Gasteiger partial charge in [0.05, 0.1) is 10.7 Å². The lowest BCUT2D eigenvalue weighted by Crippen LogP contribution is -2.13. The van der Waals surface area contributed by atoms with Crippen LogP contribution in [-0.4, -0.2) is 20.9 Å². The summed E-state index contributed by atoms with van der Waals surface area (Å²) in [6.07, 6.45) is -1.60. The van der Waals surface area contributed by atoms with Crippen molar-refractivity contribution in [3.63, 3.8) is 0 Å². The minimum atomic E-state index is -2.74. The summed E-state index contributed by atoms with van der Waals surface area (Å²) in [5, 5.41) is 11.8. The summed E-state index contributed by atoms with van der Waals surface area (Å²) in [6.45, 7) is -0.564. The second kappa shape index (κ2) is 3.82. The van der Waals surface area contributed by atoms with E-state index in [2.05, 4.69) is 21.0 Å². The topological polar surface area (TPSA) is 55.1 Å². The van der Waals surface area contributed by atoms with E-state index in [1.54, 1.807) is 0 Å². The molecule has 0 atom stereocenters. The Morgan fingerprint density at radius 1 is 1.77 bits per heavy atom. The Labute approximate surface area is 80.3 Å². The van der Waals surface area contributed by atoms with Gasteiger partial charge in [-0.05, 0) is 15.9 Å². The summed E-state index contributed by atoms with van der Waals surface area (Å²) >= 11 is 2.85. The van der Waals surface area contributed by atoms with Gasteiger partial charge < -0.3 is 5.11 Å². The number of carbonyl (C=O) groups is 1. The van der Waals surface area contributed by atoms with Gasteiger partial charge in [0.25, 0.3) is 6.43 Å². The average Bonchev–Trinajstić information content (AvgIpc) is 2.30. The summed E-state index contributed by atoms with van der Waals surface area (Å²) in [4.78, 5) is 10.2. The first-order chi connectivity index (χ1) is 6.02. The highest BCUT2D eigenvalue weighted by molar-refractivity contribution is 9.10. The van der Waals surface area contributed by atoms with Crippen LogP contribution in [0.3, 0.4) is 0 Å². The number of carboxylic acid groups (broad SMARTS) is 1. The minimum Gasteiger partial charge on any atom is -0.480 e. The van der Waals surface area contributed by atoms with Crippen LogP contribution < -0.4 is 0 Å². The van der Waals surface area contributed by atoms with Crippen molar-refractivity contribution in [1.29, 1.82) is 0 Å². The minimum absolute atomic E-state index is 0.115. The molecule has 4 nitrogen and oxygen atoms in total. The number of alkyl halides is 2. The van der Waals surface area contributed by atoms with Gasteiger partial charge in [-0.2, -0.15) is 5.10 Å². The highest BCUT2D eigenvalue weighted by atomic mass is 79.9. The number of halogens is 3. The van der Waals surface area contributed by atoms with E-state index in [1.165, 1.54) is 0 Å². The van der Waals surface area contributed by atoms with Gasteiger partial charge in [-0.25, -0.2) is 8.78 Å². The quantitative estimate of drug-likeness (QED) is 0.893. The third-order valence-electron chi connectivity index (χ3n) is 1.32. The molecule has 0 saturated heterocycles. The summed E-state index contributed by atoms with van der Waals surface area (Å²) in [6, 6.07) is 0. The number of carboxylic acids is 1. The average molecular weight is 255 g/mol. The number of nitrogens with zero attached hydrogens (tertiary/aromatic N) is 2. The number of hydrogen-bond acceptors (Lipinski definition) is 2. The van der Waals surface area contributed by atoms with Crippen LogP contribution in [0.2, 0.25) is 0 Å². The van der Waals surface area contributed by atoms with Gasteiger partial charge in [0.2, 0.25) is 0 Å². The molecule has 72 valence electrons. The molecule has 1 heterocycles. The van der Waals surface area contributed by atoms with Gasteiger partial charge in [-0.3, -0.25) is 9.48 Å². The normalized spacial score (nSPS) is 10.8. The van der Waals surface area contributed by atoms with Crippen molar-refractivity contribution < 1.29 is 18.7 Å². The molecule has 1 aromatic heterocycles. The zero-order chi connectivity index (χ0) is 10.0. The number of aromatic nitrogens is 2. The predicted molar refractivity (Wildman–Crippen MR) is 42.5 cm³/mol. The Morgan fingerprint density at radius 2 is 2.38 bits per heavy atom. The largest absolute Gasteiger partial charge is 0.480 e. The molecule has 0 aliphatic rings. The van der Waals surface area contributed by atoms with Crippen molar-refractivity contribution in [2.45, 2.75) is 13.0 Å². The van der Waals surface area contributed by atoms with Gasteiger partial charge in [-0.1, -0.05) is 0 Å². The monoisotopic (exact) mass is 254 g/mol.